The quantitative estimate of drug-likeness (QED) is 0.847. The topological polar surface area (TPSA) is 47.6 Å². The minimum atomic E-state index is -0.123. The molecule has 0 spiro atoms. The van der Waals surface area contributed by atoms with E-state index >= 15 is 0 Å². The largest absolute Gasteiger partial charge is 0.495 e. The lowest BCUT2D eigenvalue weighted by molar-refractivity contribution is -0.114. The van der Waals surface area contributed by atoms with Crippen LogP contribution in [-0.4, -0.2) is 19.1 Å². The summed E-state index contributed by atoms with van der Waals surface area (Å²) in [6.45, 7) is 1.47. The van der Waals surface area contributed by atoms with E-state index in [1.165, 1.54) is 6.92 Å². The number of anilines is 1. The summed E-state index contributed by atoms with van der Waals surface area (Å²) in [6, 6.07) is 5.43. The number of carbonyl (C=O) groups is 1. The van der Waals surface area contributed by atoms with Gasteiger partial charge >= 0.3 is 0 Å². The number of hydrogen-bond acceptors (Lipinski definition) is 3. The van der Waals surface area contributed by atoms with Crippen molar-refractivity contribution in [2.24, 2.45) is 0 Å². The summed E-state index contributed by atoms with van der Waals surface area (Å²) >= 11 is 0. The second-order valence-electron chi connectivity index (χ2n) is 3.86. The zero-order valence-corrected chi connectivity index (χ0v) is 9.45. The summed E-state index contributed by atoms with van der Waals surface area (Å²) in [5.41, 5.74) is 0.646. The highest BCUT2D eigenvalue weighted by molar-refractivity contribution is 5.90. The monoisotopic (exact) mass is 221 g/mol. The van der Waals surface area contributed by atoms with Gasteiger partial charge in [-0.3, -0.25) is 4.79 Å². The summed E-state index contributed by atoms with van der Waals surface area (Å²) in [5, 5.41) is 2.71. The molecule has 0 aromatic heterocycles. The number of ether oxygens (including phenoxy) is 2. The number of amides is 1. The van der Waals surface area contributed by atoms with Crippen LogP contribution < -0.4 is 14.8 Å². The highest BCUT2D eigenvalue weighted by atomic mass is 16.5. The van der Waals surface area contributed by atoms with Gasteiger partial charge in [-0.25, -0.2) is 0 Å². The first kappa shape index (κ1) is 10.8. The van der Waals surface area contributed by atoms with Gasteiger partial charge in [0, 0.05) is 13.0 Å². The van der Waals surface area contributed by atoms with Crippen LogP contribution in [0, 0.1) is 0 Å². The van der Waals surface area contributed by atoms with Gasteiger partial charge in [0.15, 0.2) is 0 Å². The van der Waals surface area contributed by atoms with Crippen LogP contribution in [0.15, 0.2) is 18.2 Å². The molecule has 1 aromatic carbocycles. The zero-order valence-electron chi connectivity index (χ0n) is 9.45. The number of rotatable bonds is 4. The summed E-state index contributed by atoms with van der Waals surface area (Å²) in [5.74, 6) is 1.28. The van der Waals surface area contributed by atoms with Crippen LogP contribution >= 0.6 is 0 Å². The number of methoxy groups -OCH3 is 1. The first-order valence-corrected chi connectivity index (χ1v) is 5.31. The Balaban J connectivity index is 2.18. The zero-order chi connectivity index (χ0) is 11.5. The average Bonchev–Trinajstić information content (AvgIpc) is 3.01. The van der Waals surface area contributed by atoms with E-state index in [-0.39, 0.29) is 5.91 Å². The molecule has 0 heterocycles. The summed E-state index contributed by atoms with van der Waals surface area (Å²) in [6.07, 6.45) is 2.57. The first-order valence-electron chi connectivity index (χ1n) is 5.31. The molecule has 1 amide bonds. The molecule has 0 saturated heterocycles. The Morgan fingerprint density at radius 3 is 2.75 bits per heavy atom. The van der Waals surface area contributed by atoms with E-state index in [2.05, 4.69) is 5.32 Å². The molecule has 1 aromatic rings. The van der Waals surface area contributed by atoms with Crippen molar-refractivity contribution in [3.8, 4) is 11.5 Å². The van der Waals surface area contributed by atoms with Crippen LogP contribution in [0.4, 0.5) is 5.69 Å². The number of hydrogen-bond donors (Lipinski definition) is 1. The third kappa shape index (κ3) is 2.66. The van der Waals surface area contributed by atoms with Crippen LogP contribution in [-0.2, 0) is 4.79 Å². The van der Waals surface area contributed by atoms with E-state index < -0.39 is 0 Å². The standard InChI is InChI=1S/C12H15NO3/c1-8(14)13-11-7-10(16-9-3-4-9)5-6-12(11)15-2/h5-7,9H,3-4H2,1-2H3,(H,13,14). The first-order chi connectivity index (χ1) is 7.69. The van der Waals surface area contributed by atoms with Gasteiger partial charge in [-0.15, -0.1) is 0 Å². The van der Waals surface area contributed by atoms with Crippen LogP contribution in [0.5, 0.6) is 11.5 Å². The summed E-state index contributed by atoms with van der Waals surface area (Å²) < 4.78 is 10.8. The summed E-state index contributed by atoms with van der Waals surface area (Å²) in [4.78, 5) is 11.0. The molecule has 1 aliphatic rings. The van der Waals surface area contributed by atoms with E-state index in [9.17, 15) is 4.79 Å². The Hall–Kier alpha value is -1.71. The Bertz CT molecular complexity index is 399. The third-order valence-corrected chi connectivity index (χ3v) is 2.31. The third-order valence-electron chi connectivity index (χ3n) is 2.31. The molecule has 0 unspecified atom stereocenters. The fraction of sp³-hybridized carbons (Fsp3) is 0.417. The molecule has 1 saturated carbocycles. The van der Waals surface area contributed by atoms with Crippen molar-refractivity contribution in [3.63, 3.8) is 0 Å². The Morgan fingerprint density at radius 1 is 1.44 bits per heavy atom. The van der Waals surface area contributed by atoms with Crippen molar-refractivity contribution in [1.29, 1.82) is 0 Å². The molecule has 0 radical (unpaired) electrons. The molecule has 4 heteroatoms. The van der Waals surface area contributed by atoms with Crippen molar-refractivity contribution in [2.75, 3.05) is 12.4 Å². The normalized spacial score (nSPS) is 14.4. The van der Waals surface area contributed by atoms with Crippen LogP contribution in [0.3, 0.4) is 0 Å². The predicted molar refractivity (Wildman–Crippen MR) is 60.9 cm³/mol. The van der Waals surface area contributed by atoms with Crippen molar-refractivity contribution in [1.82, 2.24) is 0 Å². The molecule has 2 rings (SSSR count). The highest BCUT2D eigenvalue weighted by Gasteiger charge is 2.23. The van der Waals surface area contributed by atoms with Gasteiger partial charge in [0.1, 0.15) is 11.5 Å². The van der Waals surface area contributed by atoms with Crippen molar-refractivity contribution >= 4 is 11.6 Å². The molecule has 1 aliphatic carbocycles. The lowest BCUT2D eigenvalue weighted by Gasteiger charge is -2.11. The van der Waals surface area contributed by atoms with Gasteiger partial charge in [0.2, 0.25) is 5.91 Å². The number of carbonyl (C=O) groups excluding carboxylic acids is 1. The molecule has 16 heavy (non-hydrogen) atoms. The average molecular weight is 221 g/mol. The summed E-state index contributed by atoms with van der Waals surface area (Å²) in [7, 11) is 1.57. The maximum absolute atomic E-state index is 11.0. The van der Waals surface area contributed by atoms with Crippen LogP contribution in [0.1, 0.15) is 19.8 Å². The second-order valence-corrected chi connectivity index (χ2v) is 3.86. The van der Waals surface area contributed by atoms with E-state index in [1.807, 2.05) is 6.07 Å². The lowest BCUT2D eigenvalue weighted by Crippen LogP contribution is -2.07. The highest BCUT2D eigenvalue weighted by Crippen LogP contribution is 2.32. The van der Waals surface area contributed by atoms with Crippen molar-refractivity contribution < 1.29 is 14.3 Å². The van der Waals surface area contributed by atoms with Gasteiger partial charge in [-0.05, 0) is 25.0 Å². The minimum absolute atomic E-state index is 0.123. The fourth-order valence-electron chi connectivity index (χ4n) is 1.43. The molecule has 1 fully saturated rings. The van der Waals surface area contributed by atoms with Crippen LogP contribution in [0.2, 0.25) is 0 Å². The Kier molecular flexibility index (Phi) is 2.99. The van der Waals surface area contributed by atoms with Gasteiger partial charge in [-0.1, -0.05) is 0 Å². The van der Waals surface area contributed by atoms with Crippen LogP contribution in [0.25, 0.3) is 0 Å². The molecular weight excluding hydrogens is 206 g/mol. The smallest absolute Gasteiger partial charge is 0.221 e. The van der Waals surface area contributed by atoms with Gasteiger partial charge in [0.25, 0.3) is 0 Å². The number of nitrogens with one attached hydrogen (secondary N) is 1. The van der Waals surface area contributed by atoms with Crippen molar-refractivity contribution in [3.05, 3.63) is 18.2 Å². The van der Waals surface area contributed by atoms with E-state index in [0.29, 0.717) is 17.5 Å². The maximum Gasteiger partial charge on any atom is 0.221 e. The Labute approximate surface area is 94.6 Å². The predicted octanol–water partition coefficient (Wildman–Crippen LogP) is 2.19. The second kappa shape index (κ2) is 4.43. The Morgan fingerprint density at radius 2 is 2.19 bits per heavy atom. The molecular formula is C12H15NO3. The minimum Gasteiger partial charge on any atom is -0.495 e. The lowest BCUT2D eigenvalue weighted by atomic mass is 10.2. The molecule has 0 atom stereocenters. The molecule has 86 valence electrons. The molecule has 0 aliphatic heterocycles. The molecule has 4 nitrogen and oxygen atoms in total. The van der Waals surface area contributed by atoms with Gasteiger partial charge in [0.05, 0.1) is 18.9 Å². The maximum atomic E-state index is 11.0. The van der Waals surface area contributed by atoms with E-state index in [0.717, 1.165) is 18.6 Å². The molecule has 1 N–H and O–H groups in total. The SMILES string of the molecule is COc1ccc(OC2CC2)cc1NC(C)=O. The van der Waals surface area contributed by atoms with E-state index in [4.69, 9.17) is 9.47 Å². The molecule has 0 bridgehead atoms. The fourth-order valence-corrected chi connectivity index (χ4v) is 1.43. The van der Waals surface area contributed by atoms with Gasteiger partial charge in [-0.2, -0.15) is 0 Å². The number of benzene rings is 1. The van der Waals surface area contributed by atoms with Gasteiger partial charge < -0.3 is 14.8 Å². The van der Waals surface area contributed by atoms with Crippen molar-refractivity contribution in [2.45, 2.75) is 25.9 Å². The van der Waals surface area contributed by atoms with E-state index in [1.54, 1.807) is 19.2 Å².